The van der Waals surface area contributed by atoms with E-state index >= 15 is 0 Å². The lowest BCUT2D eigenvalue weighted by Crippen LogP contribution is -2.54. The first-order chi connectivity index (χ1) is 16.4. The van der Waals surface area contributed by atoms with Crippen LogP contribution >= 0.6 is 11.8 Å². The lowest BCUT2D eigenvalue weighted by molar-refractivity contribution is -0.481. The second-order valence-electron chi connectivity index (χ2n) is 9.28. The van der Waals surface area contributed by atoms with Gasteiger partial charge in [-0.05, 0) is 57.2 Å². The van der Waals surface area contributed by atoms with Gasteiger partial charge in [0.25, 0.3) is 0 Å². The van der Waals surface area contributed by atoms with Crippen LogP contribution in [0.4, 0.5) is 23.7 Å². The lowest BCUT2D eigenvalue weighted by Gasteiger charge is -2.45. The molecule has 186 valence electrons. The first-order valence-electron chi connectivity index (χ1n) is 10.8. The number of nitrogens with one attached hydrogen (secondary N) is 1. The number of nitro groups is 1. The number of halogens is 3. The Morgan fingerprint density at radius 1 is 1.26 bits per heavy atom. The van der Waals surface area contributed by atoms with Crippen molar-refractivity contribution in [3.63, 3.8) is 0 Å². The van der Waals surface area contributed by atoms with Crippen LogP contribution < -0.4 is 10.3 Å². The van der Waals surface area contributed by atoms with Crippen molar-refractivity contribution in [3.8, 4) is 0 Å². The molecule has 2 aliphatic heterocycles. The molecular formula is C23H23F3N4O4S. The average Bonchev–Trinajstić information content (AvgIpc) is 3.19. The Hall–Kier alpha value is -3.28. The third-order valence-corrected chi connectivity index (χ3v) is 7.11. The summed E-state index contributed by atoms with van der Waals surface area (Å²) in [4.78, 5) is 23.8. The van der Waals surface area contributed by atoms with E-state index in [1.807, 2.05) is 0 Å². The number of carbonyl (C=O) groups is 1. The highest BCUT2D eigenvalue weighted by molar-refractivity contribution is 8.15. The quantitative estimate of drug-likeness (QED) is 0.462. The summed E-state index contributed by atoms with van der Waals surface area (Å²) in [5.74, 6) is -2.63. The number of hydrazone groups is 1. The Balaban J connectivity index is 1.80. The summed E-state index contributed by atoms with van der Waals surface area (Å²) in [7, 11) is 0. The van der Waals surface area contributed by atoms with Crippen LogP contribution in [0, 0.1) is 33.5 Å². The smallest absolute Gasteiger partial charge is 0.414 e. The second-order valence-corrected chi connectivity index (χ2v) is 10.5. The normalized spacial score (nSPS) is 21.4. The number of amides is 1. The third kappa shape index (κ3) is 4.93. The zero-order valence-electron chi connectivity index (χ0n) is 19.2. The van der Waals surface area contributed by atoms with Crippen LogP contribution in [0.1, 0.15) is 38.3 Å². The molecule has 35 heavy (non-hydrogen) atoms. The maximum absolute atomic E-state index is 14.5. The SMILES string of the molecule is CC(C)(C)OC(=O)N1CC(CC[N+](=O)[O-])C2(NN=C(c3cc(F)ccc3F)S2)c2cc(F)ccc21. The molecule has 0 fully saturated rings. The van der Waals surface area contributed by atoms with E-state index in [4.69, 9.17) is 4.74 Å². The Morgan fingerprint density at radius 2 is 1.94 bits per heavy atom. The minimum absolute atomic E-state index is 0.00329. The molecule has 0 saturated heterocycles. The Labute approximate surface area is 203 Å². The van der Waals surface area contributed by atoms with E-state index in [0.29, 0.717) is 11.3 Å². The largest absolute Gasteiger partial charge is 0.443 e. The molecule has 12 heteroatoms. The van der Waals surface area contributed by atoms with Crippen molar-refractivity contribution >= 4 is 28.6 Å². The summed E-state index contributed by atoms with van der Waals surface area (Å²) in [6, 6.07) is 6.77. The summed E-state index contributed by atoms with van der Waals surface area (Å²) >= 11 is 1.01. The molecule has 0 saturated carbocycles. The number of hydrogen-bond donors (Lipinski definition) is 1. The molecule has 0 aliphatic carbocycles. The number of thioether (sulfide) groups is 1. The number of carbonyl (C=O) groups excluding carboxylic acids is 1. The van der Waals surface area contributed by atoms with Gasteiger partial charge < -0.3 is 4.74 Å². The lowest BCUT2D eigenvalue weighted by atomic mass is 9.84. The first kappa shape index (κ1) is 24.8. The molecule has 2 unspecified atom stereocenters. The van der Waals surface area contributed by atoms with Gasteiger partial charge in [-0.1, -0.05) is 11.8 Å². The first-order valence-corrected chi connectivity index (χ1v) is 11.6. The van der Waals surface area contributed by atoms with Gasteiger partial charge in [0, 0.05) is 34.9 Å². The number of benzene rings is 2. The van der Waals surface area contributed by atoms with Crippen LogP contribution in [0.2, 0.25) is 0 Å². The molecule has 1 N–H and O–H groups in total. The standard InChI is InChI=1S/C23H23F3N4O4S/c1-22(2,3)34-21(31)29-12-13(8-9-30(32)33)23(17-11-15(25)5-7-19(17)29)28-27-20(35-23)16-10-14(24)4-6-18(16)26/h4-7,10-11,13,28H,8-9,12H2,1-3H3. The minimum atomic E-state index is -1.26. The fraction of sp³-hybridized carbons (Fsp3) is 0.391. The van der Waals surface area contributed by atoms with Crippen molar-refractivity contribution in [1.29, 1.82) is 0 Å². The Kier molecular flexibility index (Phi) is 6.43. The van der Waals surface area contributed by atoms with Crippen molar-refractivity contribution in [2.45, 2.75) is 37.7 Å². The van der Waals surface area contributed by atoms with Gasteiger partial charge in [0.05, 0.1) is 5.69 Å². The number of anilines is 1. The van der Waals surface area contributed by atoms with Gasteiger partial charge >= 0.3 is 6.09 Å². The molecule has 2 aliphatic rings. The molecule has 2 aromatic rings. The van der Waals surface area contributed by atoms with E-state index in [0.717, 1.165) is 30.0 Å². The van der Waals surface area contributed by atoms with Crippen LogP contribution in [0.25, 0.3) is 0 Å². The number of nitrogens with zero attached hydrogens (tertiary/aromatic N) is 3. The topological polar surface area (TPSA) is 97.1 Å². The van der Waals surface area contributed by atoms with Gasteiger partial charge in [-0.15, -0.1) is 0 Å². The van der Waals surface area contributed by atoms with Gasteiger partial charge in [-0.25, -0.2) is 18.0 Å². The predicted molar refractivity (Wildman–Crippen MR) is 125 cm³/mol. The summed E-state index contributed by atoms with van der Waals surface area (Å²) in [5, 5.41) is 15.5. The molecule has 2 aromatic carbocycles. The van der Waals surface area contributed by atoms with Gasteiger partial charge in [-0.2, -0.15) is 5.10 Å². The highest BCUT2D eigenvalue weighted by Gasteiger charge is 2.53. The number of fused-ring (bicyclic) bond motifs is 2. The maximum atomic E-state index is 14.5. The highest BCUT2D eigenvalue weighted by atomic mass is 32.2. The van der Waals surface area contributed by atoms with E-state index in [1.165, 1.54) is 23.1 Å². The summed E-state index contributed by atoms with van der Waals surface area (Å²) in [5.41, 5.74) is 2.64. The van der Waals surface area contributed by atoms with Crippen molar-refractivity contribution in [3.05, 3.63) is 75.1 Å². The van der Waals surface area contributed by atoms with Crippen LogP contribution in [0.5, 0.6) is 0 Å². The predicted octanol–water partition coefficient (Wildman–Crippen LogP) is 4.99. The summed E-state index contributed by atoms with van der Waals surface area (Å²) in [6.07, 6.45) is -0.692. The molecule has 1 spiro atoms. The van der Waals surface area contributed by atoms with E-state index < -0.39 is 51.4 Å². The zero-order chi connectivity index (χ0) is 25.5. The van der Waals surface area contributed by atoms with E-state index in [-0.39, 0.29) is 23.6 Å². The molecule has 2 atom stereocenters. The fourth-order valence-electron chi connectivity index (χ4n) is 4.15. The van der Waals surface area contributed by atoms with E-state index in [9.17, 15) is 28.1 Å². The van der Waals surface area contributed by atoms with Crippen LogP contribution in [-0.4, -0.2) is 34.8 Å². The van der Waals surface area contributed by atoms with Crippen LogP contribution in [0.15, 0.2) is 41.5 Å². The van der Waals surface area contributed by atoms with Gasteiger partial charge in [-0.3, -0.25) is 20.4 Å². The fourth-order valence-corrected chi connectivity index (χ4v) is 5.54. The maximum Gasteiger partial charge on any atom is 0.414 e. The average molecular weight is 509 g/mol. The molecule has 4 rings (SSSR count). The highest BCUT2D eigenvalue weighted by Crippen LogP contribution is 2.53. The second kappa shape index (κ2) is 9.06. The molecule has 1 amide bonds. The molecule has 2 heterocycles. The molecular weight excluding hydrogens is 485 g/mol. The van der Waals surface area contributed by atoms with Gasteiger partial charge in [0.1, 0.15) is 33.0 Å². The monoisotopic (exact) mass is 508 g/mol. The summed E-state index contributed by atoms with van der Waals surface area (Å²) in [6.45, 7) is 4.68. The number of rotatable bonds is 4. The van der Waals surface area contributed by atoms with Crippen molar-refractivity contribution < 1.29 is 27.6 Å². The van der Waals surface area contributed by atoms with Crippen molar-refractivity contribution in [2.75, 3.05) is 18.0 Å². The van der Waals surface area contributed by atoms with Crippen molar-refractivity contribution in [1.82, 2.24) is 5.43 Å². The Morgan fingerprint density at radius 3 is 2.63 bits per heavy atom. The molecule has 0 aromatic heterocycles. The number of hydrogen-bond acceptors (Lipinski definition) is 7. The number of ether oxygens (including phenoxy) is 1. The molecule has 0 bridgehead atoms. The minimum Gasteiger partial charge on any atom is -0.443 e. The zero-order valence-corrected chi connectivity index (χ0v) is 20.0. The van der Waals surface area contributed by atoms with Gasteiger partial charge in [0.2, 0.25) is 6.54 Å². The Bertz CT molecular complexity index is 1220. The van der Waals surface area contributed by atoms with Crippen molar-refractivity contribution in [2.24, 2.45) is 11.0 Å². The molecule has 8 nitrogen and oxygen atoms in total. The van der Waals surface area contributed by atoms with Crippen LogP contribution in [0.3, 0.4) is 0 Å². The molecule has 0 radical (unpaired) electrons. The van der Waals surface area contributed by atoms with E-state index in [1.54, 1.807) is 20.8 Å². The third-order valence-electron chi connectivity index (χ3n) is 5.64. The van der Waals surface area contributed by atoms with Gasteiger partial charge in [0.15, 0.2) is 0 Å². The van der Waals surface area contributed by atoms with E-state index in [2.05, 4.69) is 10.5 Å². The summed E-state index contributed by atoms with van der Waals surface area (Å²) < 4.78 is 48.4. The van der Waals surface area contributed by atoms with Crippen LogP contribution in [-0.2, 0) is 9.61 Å².